The molecule has 0 aliphatic carbocycles. The molecule has 0 radical (unpaired) electrons. The molecule has 3 nitrogen and oxygen atoms in total. The van der Waals surface area contributed by atoms with E-state index in [4.69, 9.17) is 0 Å². The third kappa shape index (κ3) is 7.78. The van der Waals surface area contributed by atoms with Crippen molar-refractivity contribution in [3.8, 4) is 0 Å². The zero-order chi connectivity index (χ0) is 9.94. The van der Waals surface area contributed by atoms with Gasteiger partial charge in [0.25, 0.3) is 0 Å². The van der Waals surface area contributed by atoms with Gasteiger partial charge in [0, 0.05) is 13.1 Å². The lowest BCUT2D eigenvalue weighted by Gasteiger charge is -2.20. The molecule has 0 bridgehead atoms. The lowest BCUT2D eigenvalue weighted by atomic mass is 10.3. The number of nitrogens with zero attached hydrogens (tertiary/aromatic N) is 1. The van der Waals surface area contributed by atoms with Crippen molar-refractivity contribution < 1.29 is 4.79 Å². The van der Waals surface area contributed by atoms with Gasteiger partial charge < -0.3 is 10.2 Å². The molecule has 0 heterocycles. The molecule has 0 aromatic rings. The summed E-state index contributed by atoms with van der Waals surface area (Å²) >= 11 is 0. The molecular weight excluding hydrogens is 164 g/mol. The molecule has 0 aromatic carbocycles. The van der Waals surface area contributed by atoms with Crippen LogP contribution in [0, 0.1) is 0 Å². The van der Waals surface area contributed by atoms with Gasteiger partial charge in [0.15, 0.2) is 0 Å². The molecule has 0 spiro atoms. The molecule has 0 saturated heterocycles. The van der Waals surface area contributed by atoms with E-state index in [0.29, 0.717) is 0 Å². The Kier molecular flexibility index (Phi) is 9.10. The molecule has 0 aliphatic heterocycles. The molecule has 1 amide bonds. The Morgan fingerprint density at radius 3 is 2.46 bits per heavy atom. The van der Waals surface area contributed by atoms with Crippen LogP contribution in [-0.4, -0.2) is 37.5 Å². The minimum absolute atomic E-state index is 0.768. The Hall–Kier alpha value is -0.570. The molecule has 3 heteroatoms. The summed E-state index contributed by atoms with van der Waals surface area (Å²) in [6, 6.07) is 0. The number of hydrogen-bond donors (Lipinski definition) is 1. The third-order valence-corrected chi connectivity index (χ3v) is 2.02. The summed E-state index contributed by atoms with van der Waals surface area (Å²) < 4.78 is 0. The summed E-state index contributed by atoms with van der Waals surface area (Å²) in [5, 5.41) is 2.69. The van der Waals surface area contributed by atoms with Crippen molar-refractivity contribution in [2.45, 2.75) is 33.1 Å². The van der Waals surface area contributed by atoms with E-state index in [1.54, 1.807) is 0 Å². The van der Waals surface area contributed by atoms with Gasteiger partial charge in [-0.05, 0) is 25.9 Å². The second-order valence-corrected chi connectivity index (χ2v) is 3.27. The van der Waals surface area contributed by atoms with Crippen LogP contribution in [0.5, 0.6) is 0 Å². The van der Waals surface area contributed by atoms with Gasteiger partial charge in [-0.15, -0.1) is 0 Å². The summed E-state index contributed by atoms with van der Waals surface area (Å²) in [6.45, 7) is 8.44. The van der Waals surface area contributed by atoms with Crippen molar-refractivity contribution in [3.05, 3.63) is 0 Å². The number of nitrogens with one attached hydrogen (secondary N) is 1. The Labute approximate surface area is 81.5 Å². The first-order chi connectivity index (χ1) is 6.35. The SMILES string of the molecule is CCCCN(CCC)CCNC=O. The van der Waals surface area contributed by atoms with Crippen molar-refractivity contribution in [2.24, 2.45) is 0 Å². The highest BCUT2D eigenvalue weighted by Gasteiger charge is 2.01. The Morgan fingerprint density at radius 2 is 1.92 bits per heavy atom. The number of amides is 1. The van der Waals surface area contributed by atoms with Crippen molar-refractivity contribution >= 4 is 6.41 Å². The first kappa shape index (κ1) is 12.4. The van der Waals surface area contributed by atoms with Gasteiger partial charge in [0.2, 0.25) is 6.41 Å². The van der Waals surface area contributed by atoms with Crippen LogP contribution in [0.1, 0.15) is 33.1 Å². The number of carbonyl (C=O) groups excluding carboxylic acids is 1. The number of unbranched alkanes of at least 4 members (excludes halogenated alkanes) is 1. The molecule has 0 unspecified atom stereocenters. The van der Waals surface area contributed by atoms with Crippen LogP contribution in [0.2, 0.25) is 0 Å². The van der Waals surface area contributed by atoms with E-state index in [2.05, 4.69) is 24.1 Å². The second-order valence-electron chi connectivity index (χ2n) is 3.27. The van der Waals surface area contributed by atoms with Crippen LogP contribution < -0.4 is 5.32 Å². The van der Waals surface area contributed by atoms with Gasteiger partial charge in [0.1, 0.15) is 0 Å². The van der Waals surface area contributed by atoms with E-state index in [1.807, 2.05) is 0 Å². The maximum absolute atomic E-state index is 10.0. The lowest BCUT2D eigenvalue weighted by Crippen LogP contribution is -2.33. The summed E-state index contributed by atoms with van der Waals surface area (Å²) in [5.74, 6) is 0. The van der Waals surface area contributed by atoms with E-state index in [0.717, 1.165) is 32.6 Å². The molecule has 0 aromatic heterocycles. The first-order valence-electron chi connectivity index (χ1n) is 5.24. The zero-order valence-corrected chi connectivity index (χ0v) is 8.88. The molecule has 0 fully saturated rings. The lowest BCUT2D eigenvalue weighted by molar-refractivity contribution is -0.109. The Morgan fingerprint density at radius 1 is 1.15 bits per heavy atom. The van der Waals surface area contributed by atoms with E-state index >= 15 is 0 Å². The highest BCUT2D eigenvalue weighted by molar-refractivity contribution is 5.45. The number of hydrogen-bond acceptors (Lipinski definition) is 2. The van der Waals surface area contributed by atoms with Gasteiger partial charge >= 0.3 is 0 Å². The van der Waals surface area contributed by atoms with Crippen LogP contribution in [0.15, 0.2) is 0 Å². The molecule has 1 N–H and O–H groups in total. The quantitative estimate of drug-likeness (QED) is 0.434. The van der Waals surface area contributed by atoms with Gasteiger partial charge in [-0.1, -0.05) is 20.3 Å². The Bertz CT molecular complexity index is 117. The molecule has 0 aliphatic rings. The van der Waals surface area contributed by atoms with Crippen molar-refractivity contribution in [2.75, 3.05) is 26.2 Å². The minimum atomic E-state index is 0.768. The fourth-order valence-electron chi connectivity index (χ4n) is 1.31. The van der Waals surface area contributed by atoms with Crippen molar-refractivity contribution in [1.29, 1.82) is 0 Å². The fraction of sp³-hybridized carbons (Fsp3) is 0.900. The van der Waals surface area contributed by atoms with Gasteiger partial charge in [-0.2, -0.15) is 0 Å². The van der Waals surface area contributed by atoms with Crippen LogP contribution in [0.3, 0.4) is 0 Å². The normalized spacial score (nSPS) is 10.4. The third-order valence-electron chi connectivity index (χ3n) is 2.02. The van der Waals surface area contributed by atoms with E-state index in [9.17, 15) is 4.79 Å². The Balaban J connectivity index is 3.46. The zero-order valence-electron chi connectivity index (χ0n) is 8.88. The summed E-state index contributed by atoms with van der Waals surface area (Å²) in [7, 11) is 0. The maximum Gasteiger partial charge on any atom is 0.207 e. The predicted octanol–water partition coefficient (Wildman–Crippen LogP) is 1.24. The molecule has 0 saturated carbocycles. The summed E-state index contributed by atoms with van der Waals surface area (Å²) in [4.78, 5) is 12.4. The van der Waals surface area contributed by atoms with E-state index in [-0.39, 0.29) is 0 Å². The summed E-state index contributed by atoms with van der Waals surface area (Å²) in [6.07, 6.45) is 4.44. The predicted molar refractivity (Wildman–Crippen MR) is 55.7 cm³/mol. The van der Waals surface area contributed by atoms with Gasteiger partial charge in [-0.3, -0.25) is 4.79 Å². The van der Waals surface area contributed by atoms with E-state index in [1.165, 1.54) is 19.3 Å². The monoisotopic (exact) mass is 186 g/mol. The number of carbonyl (C=O) groups is 1. The molecule has 0 rings (SSSR count). The number of rotatable bonds is 9. The molecular formula is C10H22N2O. The summed E-state index contributed by atoms with van der Waals surface area (Å²) in [5.41, 5.74) is 0. The fourth-order valence-corrected chi connectivity index (χ4v) is 1.31. The average Bonchev–Trinajstić information content (AvgIpc) is 2.14. The average molecular weight is 186 g/mol. The van der Waals surface area contributed by atoms with Crippen LogP contribution in [0.4, 0.5) is 0 Å². The molecule has 0 atom stereocenters. The second kappa shape index (κ2) is 9.52. The van der Waals surface area contributed by atoms with Gasteiger partial charge in [-0.25, -0.2) is 0 Å². The van der Waals surface area contributed by atoms with Gasteiger partial charge in [0.05, 0.1) is 0 Å². The topological polar surface area (TPSA) is 32.3 Å². The highest BCUT2D eigenvalue weighted by Crippen LogP contribution is 1.95. The van der Waals surface area contributed by atoms with Crippen LogP contribution in [0.25, 0.3) is 0 Å². The van der Waals surface area contributed by atoms with Crippen molar-refractivity contribution in [3.63, 3.8) is 0 Å². The first-order valence-corrected chi connectivity index (χ1v) is 5.24. The van der Waals surface area contributed by atoms with Crippen LogP contribution in [-0.2, 0) is 4.79 Å². The minimum Gasteiger partial charge on any atom is -0.357 e. The largest absolute Gasteiger partial charge is 0.357 e. The van der Waals surface area contributed by atoms with Crippen molar-refractivity contribution in [1.82, 2.24) is 10.2 Å². The molecule has 78 valence electrons. The standard InChI is InChI=1S/C10H22N2O/c1-3-5-8-12(7-4-2)9-6-11-10-13/h10H,3-9H2,1-2H3,(H,11,13). The maximum atomic E-state index is 10.0. The highest BCUT2D eigenvalue weighted by atomic mass is 16.1. The smallest absolute Gasteiger partial charge is 0.207 e. The molecule has 13 heavy (non-hydrogen) atoms. The van der Waals surface area contributed by atoms with E-state index < -0.39 is 0 Å². The van der Waals surface area contributed by atoms with Crippen LogP contribution >= 0.6 is 0 Å².